The molecule has 0 radical (unpaired) electrons. The molecule has 2 rings (SSSR count). The maximum Gasteiger partial charge on any atom is 0.228 e. The molecule has 2 aliphatic rings. The molecule has 2 N–H and O–H groups in total. The first-order chi connectivity index (χ1) is 8.33. The summed E-state index contributed by atoms with van der Waals surface area (Å²) in [6, 6.07) is 0.378. The van der Waals surface area contributed by atoms with Crippen LogP contribution in [-0.2, 0) is 9.53 Å². The van der Waals surface area contributed by atoms with Crippen molar-refractivity contribution in [3.05, 3.63) is 0 Å². The fraction of sp³-hybridized carbons (Fsp3) is 0.923. The van der Waals surface area contributed by atoms with E-state index in [1.165, 1.54) is 6.42 Å². The number of rotatable bonds is 3. The average Bonchev–Trinajstić information content (AvgIpc) is 2.40. The molecule has 1 amide bonds. The lowest BCUT2D eigenvalue weighted by atomic mass is 9.94. The molecule has 2 atom stereocenters. The molecule has 4 heteroatoms. The Morgan fingerprint density at radius 2 is 2.18 bits per heavy atom. The lowest BCUT2D eigenvalue weighted by molar-refractivity contribution is -0.143. The van der Waals surface area contributed by atoms with Crippen molar-refractivity contribution in [3.8, 4) is 0 Å². The number of amides is 1. The summed E-state index contributed by atoms with van der Waals surface area (Å²) in [6.07, 6.45) is 6.45. The standard InChI is InChI=1S/C13H24N2O2/c14-7-6-12-5-1-2-8-15(12)13(16)11-4-3-9-17-10-11/h11-12H,1-10,14H2. The van der Waals surface area contributed by atoms with Gasteiger partial charge in [-0.1, -0.05) is 0 Å². The summed E-state index contributed by atoms with van der Waals surface area (Å²) in [7, 11) is 0. The van der Waals surface area contributed by atoms with Crippen LogP contribution < -0.4 is 5.73 Å². The summed E-state index contributed by atoms with van der Waals surface area (Å²) in [6.45, 7) is 3.02. The minimum Gasteiger partial charge on any atom is -0.381 e. The largest absolute Gasteiger partial charge is 0.381 e. The Balaban J connectivity index is 1.94. The van der Waals surface area contributed by atoms with E-state index in [4.69, 9.17) is 10.5 Å². The zero-order chi connectivity index (χ0) is 12.1. The van der Waals surface area contributed by atoms with E-state index in [1.54, 1.807) is 0 Å². The van der Waals surface area contributed by atoms with Gasteiger partial charge in [0.05, 0.1) is 12.5 Å². The van der Waals surface area contributed by atoms with Crippen LogP contribution in [0.3, 0.4) is 0 Å². The van der Waals surface area contributed by atoms with E-state index >= 15 is 0 Å². The minimum atomic E-state index is 0.0992. The first kappa shape index (κ1) is 12.8. The van der Waals surface area contributed by atoms with Crippen molar-refractivity contribution in [2.45, 2.75) is 44.6 Å². The van der Waals surface area contributed by atoms with Crippen molar-refractivity contribution in [1.29, 1.82) is 0 Å². The van der Waals surface area contributed by atoms with Gasteiger partial charge in [0.25, 0.3) is 0 Å². The van der Waals surface area contributed by atoms with Gasteiger partial charge in [0.1, 0.15) is 0 Å². The van der Waals surface area contributed by atoms with Crippen LogP contribution in [0, 0.1) is 5.92 Å². The Kier molecular flexibility index (Phi) is 4.80. The van der Waals surface area contributed by atoms with Gasteiger partial charge in [-0.05, 0) is 45.1 Å². The molecule has 0 bridgehead atoms. The number of ether oxygens (including phenoxy) is 1. The number of likely N-dealkylation sites (tertiary alicyclic amines) is 1. The van der Waals surface area contributed by atoms with Crippen LogP contribution in [-0.4, -0.2) is 43.2 Å². The van der Waals surface area contributed by atoms with Crippen molar-refractivity contribution >= 4 is 5.91 Å². The highest BCUT2D eigenvalue weighted by molar-refractivity contribution is 5.79. The number of hydrogen-bond donors (Lipinski definition) is 1. The highest BCUT2D eigenvalue weighted by Gasteiger charge is 2.31. The fourth-order valence-electron chi connectivity index (χ4n) is 2.95. The number of carbonyl (C=O) groups excluding carboxylic acids is 1. The predicted octanol–water partition coefficient (Wildman–Crippen LogP) is 1.14. The molecule has 98 valence electrons. The average molecular weight is 240 g/mol. The van der Waals surface area contributed by atoms with Crippen molar-refractivity contribution < 1.29 is 9.53 Å². The molecule has 0 aromatic rings. The monoisotopic (exact) mass is 240 g/mol. The van der Waals surface area contributed by atoms with Crippen molar-refractivity contribution in [1.82, 2.24) is 4.90 Å². The Labute approximate surface area is 103 Å². The van der Waals surface area contributed by atoms with Crippen LogP contribution in [0.15, 0.2) is 0 Å². The summed E-state index contributed by atoms with van der Waals surface area (Å²) in [5, 5.41) is 0. The molecule has 0 saturated carbocycles. The molecular weight excluding hydrogens is 216 g/mol. The van der Waals surface area contributed by atoms with Gasteiger partial charge >= 0.3 is 0 Å². The Bertz CT molecular complexity index is 250. The molecule has 2 unspecified atom stereocenters. The minimum absolute atomic E-state index is 0.0992. The van der Waals surface area contributed by atoms with Gasteiger partial charge in [-0.3, -0.25) is 4.79 Å². The SMILES string of the molecule is NCCC1CCCCN1C(=O)C1CCCOC1. The highest BCUT2D eigenvalue weighted by atomic mass is 16.5. The Hall–Kier alpha value is -0.610. The van der Waals surface area contributed by atoms with E-state index < -0.39 is 0 Å². The summed E-state index contributed by atoms with van der Waals surface area (Å²) in [5.74, 6) is 0.407. The zero-order valence-electron chi connectivity index (χ0n) is 10.6. The van der Waals surface area contributed by atoms with E-state index in [-0.39, 0.29) is 5.92 Å². The molecule has 0 aromatic heterocycles. The molecule has 0 aliphatic carbocycles. The summed E-state index contributed by atoms with van der Waals surface area (Å²) >= 11 is 0. The second-order valence-electron chi connectivity index (χ2n) is 5.17. The van der Waals surface area contributed by atoms with Crippen LogP contribution in [0.25, 0.3) is 0 Å². The van der Waals surface area contributed by atoms with Crippen LogP contribution in [0.2, 0.25) is 0 Å². The molecule has 2 fully saturated rings. The quantitative estimate of drug-likeness (QED) is 0.805. The number of piperidine rings is 1. The second-order valence-corrected chi connectivity index (χ2v) is 5.17. The molecule has 17 heavy (non-hydrogen) atoms. The normalized spacial score (nSPS) is 30.3. The third-order valence-corrected chi connectivity index (χ3v) is 3.92. The topological polar surface area (TPSA) is 55.6 Å². The van der Waals surface area contributed by atoms with E-state index in [1.807, 2.05) is 0 Å². The van der Waals surface area contributed by atoms with Crippen LogP contribution in [0.5, 0.6) is 0 Å². The van der Waals surface area contributed by atoms with Crippen LogP contribution in [0.4, 0.5) is 0 Å². The molecule has 2 saturated heterocycles. The summed E-state index contributed by atoms with van der Waals surface area (Å²) in [4.78, 5) is 14.5. The number of nitrogens with two attached hydrogens (primary N) is 1. The summed E-state index contributed by atoms with van der Waals surface area (Å²) in [5.41, 5.74) is 5.64. The number of hydrogen-bond acceptors (Lipinski definition) is 3. The molecule has 2 aliphatic heterocycles. The van der Waals surface area contributed by atoms with Crippen molar-refractivity contribution in [2.75, 3.05) is 26.3 Å². The van der Waals surface area contributed by atoms with E-state index in [0.29, 0.717) is 25.1 Å². The summed E-state index contributed by atoms with van der Waals surface area (Å²) < 4.78 is 5.42. The first-order valence-corrected chi connectivity index (χ1v) is 6.91. The van der Waals surface area contributed by atoms with Gasteiger partial charge < -0.3 is 15.4 Å². The Morgan fingerprint density at radius 3 is 2.88 bits per heavy atom. The Morgan fingerprint density at radius 1 is 1.29 bits per heavy atom. The smallest absolute Gasteiger partial charge is 0.228 e. The first-order valence-electron chi connectivity index (χ1n) is 6.91. The third kappa shape index (κ3) is 3.19. The third-order valence-electron chi connectivity index (χ3n) is 3.92. The van der Waals surface area contributed by atoms with Gasteiger partial charge in [0.15, 0.2) is 0 Å². The zero-order valence-corrected chi connectivity index (χ0v) is 10.6. The molecule has 4 nitrogen and oxygen atoms in total. The maximum absolute atomic E-state index is 12.4. The van der Waals surface area contributed by atoms with Gasteiger partial charge in [0.2, 0.25) is 5.91 Å². The fourth-order valence-corrected chi connectivity index (χ4v) is 2.95. The molecule has 0 aromatic carbocycles. The number of carbonyl (C=O) groups is 1. The van der Waals surface area contributed by atoms with Crippen molar-refractivity contribution in [2.24, 2.45) is 11.7 Å². The van der Waals surface area contributed by atoms with Gasteiger partial charge in [-0.25, -0.2) is 0 Å². The second kappa shape index (κ2) is 6.36. The van der Waals surface area contributed by atoms with Crippen LogP contribution in [0.1, 0.15) is 38.5 Å². The molecular formula is C13H24N2O2. The van der Waals surface area contributed by atoms with Crippen LogP contribution >= 0.6 is 0 Å². The molecule has 0 spiro atoms. The van der Waals surface area contributed by atoms with Crippen molar-refractivity contribution in [3.63, 3.8) is 0 Å². The van der Waals surface area contributed by atoms with E-state index in [0.717, 1.165) is 45.3 Å². The van der Waals surface area contributed by atoms with E-state index in [9.17, 15) is 4.79 Å². The lowest BCUT2D eigenvalue weighted by Gasteiger charge is -2.38. The highest BCUT2D eigenvalue weighted by Crippen LogP contribution is 2.24. The van der Waals surface area contributed by atoms with E-state index in [2.05, 4.69) is 4.90 Å². The predicted molar refractivity (Wildman–Crippen MR) is 66.6 cm³/mol. The molecule has 2 heterocycles. The lowest BCUT2D eigenvalue weighted by Crippen LogP contribution is -2.48. The van der Waals surface area contributed by atoms with Gasteiger partial charge in [-0.2, -0.15) is 0 Å². The number of nitrogens with zero attached hydrogens (tertiary/aromatic N) is 1. The van der Waals surface area contributed by atoms with Gasteiger partial charge in [-0.15, -0.1) is 0 Å². The maximum atomic E-state index is 12.4. The van der Waals surface area contributed by atoms with Gasteiger partial charge in [0, 0.05) is 19.2 Å².